The molecule has 0 saturated carbocycles. The molecule has 0 unspecified atom stereocenters. The molecule has 0 radical (unpaired) electrons. The van der Waals surface area contributed by atoms with Gasteiger partial charge in [-0.15, -0.1) is 0 Å². The van der Waals surface area contributed by atoms with Crippen LogP contribution < -0.4 is 0 Å². The molecule has 54 valence electrons. The zero-order valence-corrected chi connectivity index (χ0v) is 5.38. The van der Waals surface area contributed by atoms with Gasteiger partial charge >= 0.3 is 5.97 Å². The highest BCUT2D eigenvalue weighted by Gasteiger charge is 1.99. The van der Waals surface area contributed by atoms with Crippen LogP contribution in [-0.2, 0) is 14.3 Å². The van der Waals surface area contributed by atoms with Crippen LogP contribution in [0.2, 0.25) is 0 Å². The SMILES string of the molecule is CC(C)OC(=O)C=O.O. The van der Waals surface area contributed by atoms with E-state index in [0.29, 0.717) is 0 Å². The minimum atomic E-state index is -0.806. The number of hydrogen-bond acceptors (Lipinski definition) is 3. The first kappa shape index (κ1) is 11.0. The van der Waals surface area contributed by atoms with E-state index < -0.39 is 5.97 Å². The maximum absolute atomic E-state index is 10.0. The number of carbonyl (C=O) groups excluding carboxylic acids is 2. The van der Waals surface area contributed by atoms with Crippen LogP contribution in [-0.4, -0.2) is 23.8 Å². The molecular weight excluding hydrogens is 124 g/mol. The Morgan fingerprint density at radius 3 is 2.11 bits per heavy atom. The first-order chi connectivity index (χ1) is 3.66. The lowest BCUT2D eigenvalue weighted by atomic mass is 10.5. The Labute approximate surface area is 53.1 Å². The lowest BCUT2D eigenvalue weighted by Gasteiger charge is -2.01. The molecule has 0 amide bonds. The van der Waals surface area contributed by atoms with Crippen LogP contribution in [0.1, 0.15) is 13.8 Å². The molecule has 0 aliphatic heterocycles. The molecule has 0 fully saturated rings. The van der Waals surface area contributed by atoms with E-state index in [1.807, 2.05) is 0 Å². The molecule has 0 aliphatic rings. The van der Waals surface area contributed by atoms with E-state index in [0.717, 1.165) is 0 Å². The summed E-state index contributed by atoms with van der Waals surface area (Å²) in [7, 11) is 0. The van der Waals surface area contributed by atoms with Gasteiger partial charge in [0.15, 0.2) is 0 Å². The predicted octanol–water partition coefficient (Wildman–Crippen LogP) is -0.688. The Kier molecular flexibility index (Phi) is 6.39. The molecule has 4 nitrogen and oxygen atoms in total. The van der Waals surface area contributed by atoms with Gasteiger partial charge in [0.25, 0.3) is 0 Å². The molecule has 0 heterocycles. The molecule has 4 heteroatoms. The lowest BCUT2D eigenvalue weighted by Crippen LogP contribution is -2.11. The van der Waals surface area contributed by atoms with Crippen LogP contribution in [0, 0.1) is 0 Å². The molecule has 0 rings (SSSR count). The van der Waals surface area contributed by atoms with E-state index in [1.165, 1.54) is 0 Å². The summed E-state index contributed by atoms with van der Waals surface area (Å²) in [6.07, 6.45) is -0.0484. The Morgan fingerprint density at radius 1 is 1.56 bits per heavy atom. The van der Waals surface area contributed by atoms with Gasteiger partial charge in [0, 0.05) is 0 Å². The number of rotatable bonds is 2. The maximum atomic E-state index is 10.0. The third kappa shape index (κ3) is 7.10. The molecule has 2 N–H and O–H groups in total. The minimum Gasteiger partial charge on any atom is -0.457 e. The van der Waals surface area contributed by atoms with Crippen molar-refractivity contribution in [3.05, 3.63) is 0 Å². The number of aldehydes is 1. The van der Waals surface area contributed by atoms with Gasteiger partial charge in [0.05, 0.1) is 6.10 Å². The Morgan fingerprint density at radius 2 is 2.00 bits per heavy atom. The van der Waals surface area contributed by atoms with E-state index in [1.54, 1.807) is 13.8 Å². The van der Waals surface area contributed by atoms with Crippen molar-refractivity contribution in [1.29, 1.82) is 0 Å². The lowest BCUT2D eigenvalue weighted by molar-refractivity contribution is -0.151. The topological polar surface area (TPSA) is 74.9 Å². The quantitative estimate of drug-likeness (QED) is 0.285. The van der Waals surface area contributed by atoms with Gasteiger partial charge in [-0.1, -0.05) is 0 Å². The summed E-state index contributed by atoms with van der Waals surface area (Å²) in [4.78, 5) is 19.6. The van der Waals surface area contributed by atoms with Gasteiger partial charge in [-0.3, -0.25) is 4.79 Å². The molecule has 0 aliphatic carbocycles. The van der Waals surface area contributed by atoms with Gasteiger partial charge < -0.3 is 10.2 Å². The fraction of sp³-hybridized carbons (Fsp3) is 0.600. The number of esters is 1. The fourth-order valence-electron chi connectivity index (χ4n) is 0.260. The van der Waals surface area contributed by atoms with Gasteiger partial charge in [-0.05, 0) is 13.8 Å². The Bertz CT molecular complexity index is 97.1. The van der Waals surface area contributed by atoms with Crippen molar-refractivity contribution in [2.75, 3.05) is 0 Å². The van der Waals surface area contributed by atoms with Crippen LogP contribution in [0.3, 0.4) is 0 Å². The second kappa shape index (κ2) is 5.24. The van der Waals surface area contributed by atoms with Crippen molar-refractivity contribution in [3.63, 3.8) is 0 Å². The summed E-state index contributed by atoms with van der Waals surface area (Å²) >= 11 is 0. The molecule has 0 aromatic heterocycles. The van der Waals surface area contributed by atoms with Crippen molar-refractivity contribution in [3.8, 4) is 0 Å². The summed E-state index contributed by atoms with van der Waals surface area (Å²) in [5.41, 5.74) is 0. The summed E-state index contributed by atoms with van der Waals surface area (Å²) in [5.74, 6) is -0.806. The number of ether oxygens (including phenoxy) is 1. The Balaban J connectivity index is 0. The highest BCUT2D eigenvalue weighted by atomic mass is 16.5. The van der Waals surface area contributed by atoms with Crippen LogP contribution in [0.25, 0.3) is 0 Å². The normalized spacial score (nSPS) is 7.89. The summed E-state index contributed by atoms with van der Waals surface area (Å²) in [5, 5.41) is 0. The van der Waals surface area contributed by atoms with Crippen LogP contribution in [0.15, 0.2) is 0 Å². The van der Waals surface area contributed by atoms with E-state index in [4.69, 9.17) is 0 Å². The smallest absolute Gasteiger partial charge is 0.371 e. The van der Waals surface area contributed by atoms with Crippen molar-refractivity contribution >= 4 is 12.3 Å². The van der Waals surface area contributed by atoms with Crippen LogP contribution >= 0.6 is 0 Å². The van der Waals surface area contributed by atoms with E-state index >= 15 is 0 Å². The zero-order chi connectivity index (χ0) is 6.57. The molecule has 0 atom stereocenters. The molecule has 0 saturated heterocycles. The van der Waals surface area contributed by atoms with Gasteiger partial charge in [-0.2, -0.15) is 0 Å². The average Bonchev–Trinajstić information content (AvgIpc) is 1.65. The van der Waals surface area contributed by atoms with Crippen molar-refractivity contribution in [1.82, 2.24) is 0 Å². The summed E-state index contributed by atoms with van der Waals surface area (Å²) in [6.45, 7) is 3.36. The highest BCUT2D eigenvalue weighted by molar-refractivity contribution is 6.20. The second-order valence-electron chi connectivity index (χ2n) is 1.60. The monoisotopic (exact) mass is 134 g/mol. The largest absolute Gasteiger partial charge is 0.457 e. The van der Waals surface area contributed by atoms with Crippen molar-refractivity contribution < 1.29 is 19.8 Å². The molecule has 0 aromatic carbocycles. The summed E-state index contributed by atoms with van der Waals surface area (Å²) < 4.78 is 4.39. The third-order valence-corrected chi connectivity index (χ3v) is 0.448. The predicted molar refractivity (Wildman–Crippen MR) is 30.9 cm³/mol. The maximum Gasteiger partial charge on any atom is 0.371 e. The van der Waals surface area contributed by atoms with Crippen molar-refractivity contribution in [2.45, 2.75) is 20.0 Å². The van der Waals surface area contributed by atoms with E-state index in [9.17, 15) is 9.59 Å². The van der Waals surface area contributed by atoms with Gasteiger partial charge in [-0.25, -0.2) is 4.79 Å². The van der Waals surface area contributed by atoms with Crippen LogP contribution in [0.5, 0.6) is 0 Å². The fourth-order valence-corrected chi connectivity index (χ4v) is 0.260. The zero-order valence-electron chi connectivity index (χ0n) is 5.38. The average molecular weight is 134 g/mol. The summed E-state index contributed by atoms with van der Waals surface area (Å²) in [6, 6.07) is 0. The number of carbonyl (C=O) groups is 2. The second-order valence-corrected chi connectivity index (χ2v) is 1.60. The molecular formula is C5H10O4. The van der Waals surface area contributed by atoms with Gasteiger partial charge in [0.1, 0.15) is 0 Å². The first-order valence-corrected chi connectivity index (χ1v) is 2.32. The van der Waals surface area contributed by atoms with Crippen LogP contribution in [0.4, 0.5) is 0 Å². The van der Waals surface area contributed by atoms with E-state index in [-0.39, 0.29) is 17.9 Å². The molecule has 9 heavy (non-hydrogen) atoms. The molecule has 0 bridgehead atoms. The minimum absolute atomic E-state index is 0. The standard InChI is InChI=1S/C5H8O3.H2O/c1-4(2)8-5(7)3-6;/h3-4H,1-2H3;1H2. The van der Waals surface area contributed by atoms with Crippen molar-refractivity contribution in [2.24, 2.45) is 0 Å². The van der Waals surface area contributed by atoms with E-state index in [2.05, 4.69) is 4.74 Å². The third-order valence-electron chi connectivity index (χ3n) is 0.448. The first-order valence-electron chi connectivity index (χ1n) is 2.32. The molecule has 0 aromatic rings. The highest BCUT2D eigenvalue weighted by Crippen LogP contribution is 1.84. The Hall–Kier alpha value is -0.900. The van der Waals surface area contributed by atoms with Gasteiger partial charge in [0.2, 0.25) is 6.29 Å². The molecule has 0 spiro atoms. The number of hydrogen-bond donors (Lipinski definition) is 0.